The summed E-state index contributed by atoms with van der Waals surface area (Å²) < 4.78 is 2.22. The van der Waals surface area contributed by atoms with Gasteiger partial charge in [-0.05, 0) is 55.8 Å². The standard InChI is InChI=1S/C23H32N6/c1-28(2)22-12-13-25-23(27-22)26-19-10-8-17(9-11-19)14-24-15-18-16-29(3)21-7-5-4-6-20(18)21/h4-7,12-13,16-17,19,24H,8-11,14-15H2,1-3H3,(H,25,26,27). The number of rotatable bonds is 7. The Labute approximate surface area is 173 Å². The van der Waals surface area contributed by atoms with Crippen LogP contribution in [0, 0.1) is 5.92 Å². The van der Waals surface area contributed by atoms with Gasteiger partial charge in [0.2, 0.25) is 5.95 Å². The number of benzene rings is 1. The summed E-state index contributed by atoms with van der Waals surface area (Å²) in [5.74, 6) is 2.43. The lowest BCUT2D eigenvalue weighted by Gasteiger charge is -2.29. The molecule has 1 aliphatic carbocycles. The minimum absolute atomic E-state index is 0.474. The molecule has 0 radical (unpaired) electrons. The van der Waals surface area contributed by atoms with Gasteiger partial charge in [-0.25, -0.2) is 4.98 Å². The fraction of sp³-hybridized carbons (Fsp3) is 0.478. The molecule has 0 aliphatic heterocycles. The molecule has 1 aromatic carbocycles. The van der Waals surface area contributed by atoms with Crippen LogP contribution in [0.15, 0.2) is 42.7 Å². The van der Waals surface area contributed by atoms with Gasteiger partial charge in [0.15, 0.2) is 0 Å². The normalized spacial score (nSPS) is 19.4. The molecule has 0 unspecified atom stereocenters. The van der Waals surface area contributed by atoms with Crippen LogP contribution in [0.4, 0.5) is 11.8 Å². The van der Waals surface area contributed by atoms with Crippen molar-refractivity contribution in [3.63, 3.8) is 0 Å². The summed E-state index contributed by atoms with van der Waals surface area (Å²) in [6.45, 7) is 2.02. The predicted molar refractivity (Wildman–Crippen MR) is 120 cm³/mol. The van der Waals surface area contributed by atoms with Gasteiger partial charge in [0.05, 0.1) is 0 Å². The van der Waals surface area contributed by atoms with E-state index < -0.39 is 0 Å². The van der Waals surface area contributed by atoms with E-state index in [-0.39, 0.29) is 0 Å². The summed E-state index contributed by atoms with van der Waals surface area (Å²) in [6.07, 6.45) is 8.92. The van der Waals surface area contributed by atoms with Gasteiger partial charge >= 0.3 is 0 Å². The van der Waals surface area contributed by atoms with Crippen LogP contribution in [0.5, 0.6) is 0 Å². The third-order valence-corrected chi connectivity index (χ3v) is 6.01. The van der Waals surface area contributed by atoms with Crippen LogP contribution in [0.2, 0.25) is 0 Å². The molecule has 0 bridgehead atoms. The zero-order valence-electron chi connectivity index (χ0n) is 17.7. The molecule has 1 saturated carbocycles. The molecule has 0 amide bonds. The van der Waals surface area contributed by atoms with Crippen molar-refractivity contribution in [2.75, 3.05) is 30.9 Å². The molecule has 4 rings (SSSR count). The molecule has 1 aliphatic rings. The first kappa shape index (κ1) is 19.7. The van der Waals surface area contributed by atoms with Gasteiger partial charge in [-0.1, -0.05) is 18.2 Å². The van der Waals surface area contributed by atoms with Crippen LogP contribution in [-0.2, 0) is 13.6 Å². The van der Waals surface area contributed by atoms with E-state index >= 15 is 0 Å². The van der Waals surface area contributed by atoms with Gasteiger partial charge in [0.25, 0.3) is 0 Å². The minimum Gasteiger partial charge on any atom is -0.363 e. The maximum absolute atomic E-state index is 4.58. The van der Waals surface area contributed by atoms with Crippen LogP contribution < -0.4 is 15.5 Å². The molecule has 6 heteroatoms. The average Bonchev–Trinajstić information content (AvgIpc) is 3.05. The zero-order valence-corrected chi connectivity index (χ0v) is 17.7. The van der Waals surface area contributed by atoms with Crippen molar-refractivity contribution in [3.8, 4) is 0 Å². The number of nitrogens with one attached hydrogen (secondary N) is 2. The Bertz CT molecular complexity index is 939. The molecular weight excluding hydrogens is 360 g/mol. The highest BCUT2D eigenvalue weighted by Crippen LogP contribution is 2.26. The third kappa shape index (κ3) is 4.70. The Morgan fingerprint density at radius 1 is 1.10 bits per heavy atom. The summed E-state index contributed by atoms with van der Waals surface area (Å²) in [5, 5.41) is 8.58. The number of aryl methyl sites for hydroxylation is 1. The quantitative estimate of drug-likeness (QED) is 0.641. The first-order chi connectivity index (χ1) is 14.1. The number of aromatic nitrogens is 3. The lowest BCUT2D eigenvalue weighted by molar-refractivity contribution is 0.324. The van der Waals surface area contributed by atoms with Crippen molar-refractivity contribution in [1.82, 2.24) is 19.9 Å². The fourth-order valence-corrected chi connectivity index (χ4v) is 4.34. The first-order valence-corrected chi connectivity index (χ1v) is 10.6. The lowest BCUT2D eigenvalue weighted by Crippen LogP contribution is -2.31. The SMILES string of the molecule is CN(C)c1ccnc(NC2CCC(CNCc3cn(C)c4ccccc34)CC2)n1. The number of hydrogen-bond acceptors (Lipinski definition) is 5. The van der Waals surface area contributed by atoms with Crippen LogP contribution in [0.3, 0.4) is 0 Å². The number of fused-ring (bicyclic) bond motifs is 1. The third-order valence-electron chi connectivity index (χ3n) is 6.01. The Hall–Kier alpha value is -2.60. The molecule has 1 fully saturated rings. The van der Waals surface area contributed by atoms with Crippen LogP contribution in [0.1, 0.15) is 31.2 Å². The van der Waals surface area contributed by atoms with Gasteiger partial charge in [-0.2, -0.15) is 4.98 Å². The molecule has 2 heterocycles. The van der Waals surface area contributed by atoms with Crippen LogP contribution in [-0.4, -0.2) is 41.2 Å². The summed E-state index contributed by atoms with van der Waals surface area (Å²) >= 11 is 0. The average molecular weight is 393 g/mol. The van der Waals surface area contributed by atoms with Crippen molar-refractivity contribution in [2.45, 2.75) is 38.3 Å². The molecule has 154 valence electrons. The van der Waals surface area contributed by atoms with E-state index in [0.29, 0.717) is 6.04 Å². The fourth-order valence-electron chi connectivity index (χ4n) is 4.34. The van der Waals surface area contributed by atoms with E-state index in [1.807, 2.05) is 31.3 Å². The second-order valence-electron chi connectivity index (χ2n) is 8.41. The van der Waals surface area contributed by atoms with Gasteiger partial charge in [0, 0.05) is 57.0 Å². The highest BCUT2D eigenvalue weighted by molar-refractivity contribution is 5.83. The minimum atomic E-state index is 0.474. The maximum atomic E-state index is 4.58. The van der Waals surface area contributed by atoms with Crippen molar-refractivity contribution >= 4 is 22.7 Å². The summed E-state index contributed by atoms with van der Waals surface area (Å²) in [7, 11) is 6.13. The highest BCUT2D eigenvalue weighted by Gasteiger charge is 2.21. The van der Waals surface area contributed by atoms with Crippen LogP contribution in [0.25, 0.3) is 10.9 Å². The largest absolute Gasteiger partial charge is 0.363 e. The Morgan fingerprint density at radius 3 is 2.69 bits per heavy atom. The van der Waals surface area contributed by atoms with Crippen molar-refractivity contribution < 1.29 is 0 Å². The Morgan fingerprint density at radius 2 is 1.90 bits per heavy atom. The molecule has 0 saturated heterocycles. The van der Waals surface area contributed by atoms with E-state index in [9.17, 15) is 0 Å². The second-order valence-corrected chi connectivity index (χ2v) is 8.41. The predicted octanol–water partition coefficient (Wildman–Crippen LogP) is 3.79. The molecule has 0 spiro atoms. The Kier molecular flexibility index (Phi) is 6.00. The van der Waals surface area contributed by atoms with Crippen molar-refractivity contribution in [3.05, 3.63) is 48.3 Å². The zero-order chi connectivity index (χ0) is 20.2. The molecule has 2 aromatic heterocycles. The molecule has 3 aromatic rings. The monoisotopic (exact) mass is 392 g/mol. The van der Waals surface area contributed by atoms with E-state index in [0.717, 1.165) is 30.8 Å². The van der Waals surface area contributed by atoms with E-state index in [1.54, 1.807) is 0 Å². The summed E-state index contributed by atoms with van der Waals surface area (Å²) in [4.78, 5) is 11.0. The number of nitrogens with zero attached hydrogens (tertiary/aromatic N) is 4. The molecular formula is C23H32N6. The summed E-state index contributed by atoms with van der Waals surface area (Å²) in [5.41, 5.74) is 2.69. The molecule has 0 atom stereocenters. The molecule has 2 N–H and O–H groups in total. The van der Waals surface area contributed by atoms with Crippen molar-refractivity contribution in [2.24, 2.45) is 13.0 Å². The van der Waals surface area contributed by atoms with E-state index in [1.165, 1.54) is 42.1 Å². The van der Waals surface area contributed by atoms with Crippen LogP contribution >= 0.6 is 0 Å². The van der Waals surface area contributed by atoms with Crippen molar-refractivity contribution in [1.29, 1.82) is 0 Å². The van der Waals surface area contributed by atoms with E-state index in [4.69, 9.17) is 0 Å². The van der Waals surface area contributed by atoms with Gasteiger partial charge in [-0.15, -0.1) is 0 Å². The molecule has 6 nitrogen and oxygen atoms in total. The van der Waals surface area contributed by atoms with E-state index in [2.05, 4.69) is 62.7 Å². The number of hydrogen-bond donors (Lipinski definition) is 2. The number of anilines is 2. The lowest BCUT2D eigenvalue weighted by atomic mass is 9.86. The smallest absolute Gasteiger partial charge is 0.224 e. The summed E-state index contributed by atoms with van der Waals surface area (Å²) in [6, 6.07) is 11.0. The topological polar surface area (TPSA) is 58.0 Å². The highest BCUT2D eigenvalue weighted by atomic mass is 15.2. The first-order valence-electron chi connectivity index (χ1n) is 10.6. The maximum Gasteiger partial charge on any atom is 0.224 e. The second kappa shape index (κ2) is 8.82. The Balaban J connectivity index is 1.23. The van der Waals surface area contributed by atoms with Gasteiger partial charge in [-0.3, -0.25) is 0 Å². The van der Waals surface area contributed by atoms with Gasteiger partial charge in [0.1, 0.15) is 5.82 Å². The van der Waals surface area contributed by atoms with Gasteiger partial charge < -0.3 is 20.1 Å². The number of para-hydroxylation sites is 1. The molecule has 29 heavy (non-hydrogen) atoms.